The molecule has 31 heavy (non-hydrogen) atoms. The van der Waals surface area contributed by atoms with Gasteiger partial charge in [-0.25, -0.2) is 0 Å². The van der Waals surface area contributed by atoms with E-state index >= 15 is 0 Å². The summed E-state index contributed by atoms with van der Waals surface area (Å²) in [6.07, 6.45) is 19.7. The summed E-state index contributed by atoms with van der Waals surface area (Å²) in [6.45, 7) is 9.63. The van der Waals surface area contributed by atoms with E-state index in [0.29, 0.717) is 11.5 Å². The predicted octanol–water partition coefficient (Wildman–Crippen LogP) is 6.27. The number of fused-ring (bicyclic) bond motifs is 1. The van der Waals surface area contributed by atoms with Crippen LogP contribution in [0.4, 0.5) is 0 Å². The predicted molar refractivity (Wildman–Crippen MR) is 129 cm³/mol. The van der Waals surface area contributed by atoms with Crippen LogP contribution in [0.25, 0.3) is 0 Å². The Morgan fingerprint density at radius 3 is 2.71 bits per heavy atom. The molecule has 3 aliphatic carbocycles. The van der Waals surface area contributed by atoms with Crippen molar-refractivity contribution in [3.05, 3.63) is 23.3 Å². The number of rotatable bonds is 6. The molecule has 0 aromatic rings. The molecule has 0 aromatic carbocycles. The molecule has 0 amide bonds. The van der Waals surface area contributed by atoms with Crippen LogP contribution in [0, 0.1) is 17.3 Å². The van der Waals surface area contributed by atoms with Crippen molar-refractivity contribution >= 4 is 0 Å². The molecule has 3 saturated carbocycles. The lowest BCUT2D eigenvalue weighted by Crippen LogP contribution is -2.47. The quantitative estimate of drug-likeness (QED) is 0.540. The van der Waals surface area contributed by atoms with E-state index in [1.165, 1.54) is 76.5 Å². The summed E-state index contributed by atoms with van der Waals surface area (Å²) in [5.41, 5.74) is 3.62. The monoisotopic (exact) mass is 429 g/mol. The van der Waals surface area contributed by atoms with Crippen LogP contribution < -0.4 is 0 Å². The van der Waals surface area contributed by atoms with E-state index in [0.717, 1.165) is 31.1 Å². The molecule has 0 aromatic heterocycles. The van der Waals surface area contributed by atoms with Crippen molar-refractivity contribution in [1.29, 1.82) is 0 Å². The van der Waals surface area contributed by atoms with Crippen molar-refractivity contribution in [3.8, 4) is 0 Å². The second-order valence-electron chi connectivity index (χ2n) is 11.8. The smallest absolute Gasteiger partial charge is 0.0777 e. The Bertz CT molecular complexity index is 680. The zero-order valence-corrected chi connectivity index (χ0v) is 20.7. The number of aliphatic hydroxyl groups is 1. The first-order valence-electron chi connectivity index (χ1n) is 13.2. The van der Waals surface area contributed by atoms with Gasteiger partial charge in [-0.1, -0.05) is 30.2 Å². The summed E-state index contributed by atoms with van der Waals surface area (Å²) in [4.78, 5) is 2.73. The van der Waals surface area contributed by atoms with Crippen LogP contribution in [0.5, 0.6) is 0 Å². The highest BCUT2D eigenvalue weighted by Gasteiger charge is 2.49. The lowest BCUT2D eigenvalue weighted by atomic mass is 9.63. The highest BCUT2D eigenvalue weighted by Crippen LogP contribution is 2.58. The first kappa shape index (κ1) is 23.5. The lowest BCUT2D eigenvalue weighted by Gasteiger charge is -2.43. The normalized spacial score (nSPS) is 40.0. The molecule has 4 fully saturated rings. The van der Waals surface area contributed by atoms with Crippen LogP contribution in [0.3, 0.4) is 0 Å². The summed E-state index contributed by atoms with van der Waals surface area (Å²) in [5, 5.41) is 10.0. The Hall–Kier alpha value is -0.640. The molecule has 0 bridgehead atoms. The highest BCUT2D eigenvalue weighted by molar-refractivity contribution is 5.25. The number of nitrogens with zero attached hydrogens (tertiary/aromatic N) is 1. The molecule has 1 N–H and O–H groups in total. The second-order valence-corrected chi connectivity index (χ2v) is 11.8. The van der Waals surface area contributed by atoms with Crippen molar-refractivity contribution in [2.45, 2.75) is 116 Å². The summed E-state index contributed by atoms with van der Waals surface area (Å²) >= 11 is 0. The number of ether oxygens (including phenoxy) is 1. The minimum Gasteiger partial charge on any atom is -0.393 e. The lowest BCUT2D eigenvalue weighted by molar-refractivity contribution is -0.0421. The van der Waals surface area contributed by atoms with Gasteiger partial charge >= 0.3 is 0 Å². The number of hydrogen-bond donors (Lipinski definition) is 1. The SMILES string of the molecule is COC(C)(C)C1CCCN1CC[C@H]1CCC2/C(=C/C=C3/CCCC(O)C3)CCCC21C. The molecule has 4 unspecified atom stereocenters. The molecule has 5 atom stereocenters. The van der Waals surface area contributed by atoms with E-state index in [-0.39, 0.29) is 11.7 Å². The third-order valence-corrected chi connectivity index (χ3v) is 9.68. The van der Waals surface area contributed by atoms with E-state index < -0.39 is 0 Å². The van der Waals surface area contributed by atoms with Gasteiger partial charge < -0.3 is 9.84 Å². The van der Waals surface area contributed by atoms with Crippen molar-refractivity contribution in [1.82, 2.24) is 4.90 Å². The average Bonchev–Trinajstić information content (AvgIpc) is 3.35. The zero-order chi connectivity index (χ0) is 22.1. The Morgan fingerprint density at radius 2 is 1.94 bits per heavy atom. The van der Waals surface area contributed by atoms with Gasteiger partial charge in [0, 0.05) is 13.2 Å². The molecular weight excluding hydrogens is 382 g/mol. The fraction of sp³-hybridized carbons (Fsp3) is 0.857. The molecule has 1 saturated heterocycles. The zero-order valence-electron chi connectivity index (χ0n) is 20.7. The molecule has 3 nitrogen and oxygen atoms in total. The third kappa shape index (κ3) is 4.99. The number of aliphatic hydroxyl groups excluding tert-OH is 1. The van der Waals surface area contributed by atoms with Crippen molar-refractivity contribution in [2.75, 3.05) is 20.2 Å². The number of allylic oxidation sites excluding steroid dienone is 3. The number of hydrogen-bond acceptors (Lipinski definition) is 3. The Labute approximate surface area is 191 Å². The average molecular weight is 430 g/mol. The van der Waals surface area contributed by atoms with Crippen LogP contribution in [-0.2, 0) is 4.74 Å². The highest BCUT2D eigenvalue weighted by atomic mass is 16.5. The molecular formula is C28H47NO2. The fourth-order valence-corrected chi connectivity index (χ4v) is 7.61. The topological polar surface area (TPSA) is 32.7 Å². The van der Waals surface area contributed by atoms with E-state index in [4.69, 9.17) is 4.74 Å². The molecule has 0 radical (unpaired) electrons. The maximum Gasteiger partial charge on any atom is 0.0777 e. The van der Waals surface area contributed by atoms with Crippen LogP contribution in [-0.4, -0.2) is 48.0 Å². The minimum atomic E-state index is -0.108. The molecule has 1 aliphatic heterocycles. The molecule has 1 heterocycles. The van der Waals surface area contributed by atoms with Gasteiger partial charge in [-0.2, -0.15) is 0 Å². The molecule has 3 heteroatoms. The second kappa shape index (κ2) is 9.69. The van der Waals surface area contributed by atoms with Gasteiger partial charge in [0.2, 0.25) is 0 Å². The summed E-state index contributed by atoms with van der Waals surface area (Å²) in [6, 6.07) is 0.571. The maximum atomic E-state index is 10.0. The van der Waals surface area contributed by atoms with Crippen molar-refractivity contribution < 1.29 is 9.84 Å². The van der Waals surface area contributed by atoms with Gasteiger partial charge in [0.05, 0.1) is 11.7 Å². The number of methoxy groups -OCH3 is 1. The summed E-state index contributed by atoms with van der Waals surface area (Å²) in [7, 11) is 1.87. The van der Waals surface area contributed by atoms with Gasteiger partial charge in [0.25, 0.3) is 0 Å². The maximum absolute atomic E-state index is 10.0. The van der Waals surface area contributed by atoms with E-state index in [9.17, 15) is 5.11 Å². The van der Waals surface area contributed by atoms with Crippen LogP contribution in [0.2, 0.25) is 0 Å². The molecule has 0 spiro atoms. The van der Waals surface area contributed by atoms with Gasteiger partial charge in [-0.15, -0.1) is 0 Å². The summed E-state index contributed by atoms with van der Waals surface area (Å²) in [5.74, 6) is 1.64. The Kier molecular flexibility index (Phi) is 7.35. The van der Waals surface area contributed by atoms with Crippen LogP contribution >= 0.6 is 0 Å². The van der Waals surface area contributed by atoms with E-state index in [2.05, 4.69) is 37.8 Å². The van der Waals surface area contributed by atoms with Crippen molar-refractivity contribution in [3.63, 3.8) is 0 Å². The molecule has 176 valence electrons. The van der Waals surface area contributed by atoms with E-state index in [1.54, 1.807) is 5.57 Å². The Balaban J connectivity index is 1.40. The van der Waals surface area contributed by atoms with Crippen LogP contribution in [0.1, 0.15) is 97.8 Å². The molecule has 4 aliphatic rings. The Morgan fingerprint density at radius 1 is 1.10 bits per heavy atom. The first-order chi connectivity index (χ1) is 14.8. The van der Waals surface area contributed by atoms with E-state index in [1.807, 2.05) is 7.11 Å². The van der Waals surface area contributed by atoms with Gasteiger partial charge in [0.15, 0.2) is 0 Å². The minimum absolute atomic E-state index is 0.0421. The van der Waals surface area contributed by atoms with Gasteiger partial charge in [-0.05, 0) is 121 Å². The largest absolute Gasteiger partial charge is 0.393 e. The molecule has 4 rings (SSSR count). The first-order valence-corrected chi connectivity index (χ1v) is 13.2. The summed E-state index contributed by atoms with van der Waals surface area (Å²) < 4.78 is 5.86. The van der Waals surface area contributed by atoms with Crippen molar-refractivity contribution in [2.24, 2.45) is 17.3 Å². The standard InChI is InChI=1S/C28H47NO2/c1-27(2,31-4)26-11-7-18-29(26)19-16-23-14-15-25-22(9-6-17-28(23,25)3)13-12-21-8-5-10-24(30)20-21/h12-13,23-26,30H,5-11,14-20H2,1-4H3/b21-12-,22-13+/t23-,24?,25?,26?,28?/m1/s1. The third-order valence-electron chi connectivity index (χ3n) is 9.68. The fourth-order valence-electron chi connectivity index (χ4n) is 7.61. The van der Waals surface area contributed by atoms with Gasteiger partial charge in [0.1, 0.15) is 0 Å². The van der Waals surface area contributed by atoms with Gasteiger partial charge in [-0.3, -0.25) is 4.90 Å². The van der Waals surface area contributed by atoms with Crippen LogP contribution in [0.15, 0.2) is 23.3 Å². The number of likely N-dealkylation sites (tertiary alicyclic amines) is 1.